The van der Waals surface area contributed by atoms with Gasteiger partial charge in [-0.05, 0) is 40.5 Å². The summed E-state index contributed by atoms with van der Waals surface area (Å²) >= 11 is 3.19. The number of hydrazine groups is 1. The van der Waals surface area contributed by atoms with Crippen LogP contribution in [-0.4, -0.2) is 7.11 Å². The number of aryl methyl sites for hydroxylation is 1. The van der Waals surface area contributed by atoms with Gasteiger partial charge in [0, 0.05) is 11.1 Å². The molecule has 3 N–H and O–H groups in total. The molecule has 1 atom stereocenters. The Bertz CT molecular complexity index is 619. The van der Waals surface area contributed by atoms with Gasteiger partial charge in [0.2, 0.25) is 0 Å². The molecule has 0 heterocycles. The largest absolute Gasteiger partial charge is 0.496 e. The van der Waals surface area contributed by atoms with E-state index in [4.69, 9.17) is 10.6 Å². The molecule has 0 radical (unpaired) electrons. The number of halogens is 2. The zero-order valence-corrected chi connectivity index (χ0v) is 12.9. The first-order valence-electron chi connectivity index (χ1n) is 6.13. The number of hydrogen-bond donors (Lipinski definition) is 2. The molecule has 106 valence electrons. The highest BCUT2D eigenvalue weighted by Crippen LogP contribution is 2.33. The highest BCUT2D eigenvalue weighted by Gasteiger charge is 2.21. The van der Waals surface area contributed by atoms with E-state index in [9.17, 15) is 4.39 Å². The fourth-order valence-corrected chi connectivity index (χ4v) is 2.53. The molecule has 2 rings (SSSR count). The minimum absolute atomic E-state index is 0.335. The molecule has 2 aromatic carbocycles. The van der Waals surface area contributed by atoms with E-state index in [0.717, 1.165) is 11.1 Å². The quantitative estimate of drug-likeness (QED) is 0.663. The topological polar surface area (TPSA) is 47.3 Å². The monoisotopic (exact) mass is 338 g/mol. The molecule has 0 bridgehead atoms. The van der Waals surface area contributed by atoms with Crippen LogP contribution in [0.5, 0.6) is 5.75 Å². The molecule has 0 aromatic heterocycles. The van der Waals surface area contributed by atoms with E-state index in [0.29, 0.717) is 15.8 Å². The summed E-state index contributed by atoms with van der Waals surface area (Å²) in [6.07, 6.45) is 0. The Morgan fingerprint density at radius 3 is 2.65 bits per heavy atom. The second kappa shape index (κ2) is 6.35. The van der Waals surface area contributed by atoms with Crippen molar-refractivity contribution in [1.29, 1.82) is 0 Å². The van der Waals surface area contributed by atoms with E-state index in [2.05, 4.69) is 21.4 Å². The molecule has 5 heteroatoms. The number of hydrogen-bond acceptors (Lipinski definition) is 3. The van der Waals surface area contributed by atoms with E-state index in [-0.39, 0.29) is 5.82 Å². The van der Waals surface area contributed by atoms with Gasteiger partial charge in [-0.3, -0.25) is 5.84 Å². The first kappa shape index (κ1) is 15.0. The van der Waals surface area contributed by atoms with Crippen molar-refractivity contribution < 1.29 is 9.13 Å². The number of nitrogens with one attached hydrogen (secondary N) is 1. The Morgan fingerprint density at radius 1 is 1.25 bits per heavy atom. The summed E-state index contributed by atoms with van der Waals surface area (Å²) in [6.45, 7) is 1.97. The minimum Gasteiger partial charge on any atom is -0.496 e. The molecule has 0 fully saturated rings. The summed E-state index contributed by atoms with van der Waals surface area (Å²) in [4.78, 5) is 0. The van der Waals surface area contributed by atoms with E-state index in [1.54, 1.807) is 25.3 Å². The van der Waals surface area contributed by atoms with Crippen molar-refractivity contribution in [2.24, 2.45) is 5.84 Å². The zero-order valence-electron chi connectivity index (χ0n) is 11.3. The fraction of sp³-hybridized carbons (Fsp3) is 0.200. The molecule has 20 heavy (non-hydrogen) atoms. The van der Waals surface area contributed by atoms with Gasteiger partial charge in [0.25, 0.3) is 0 Å². The van der Waals surface area contributed by atoms with Gasteiger partial charge in [0.1, 0.15) is 11.6 Å². The number of nitrogens with two attached hydrogens (primary N) is 1. The summed E-state index contributed by atoms with van der Waals surface area (Å²) in [5.41, 5.74) is 4.97. The Balaban J connectivity index is 2.55. The van der Waals surface area contributed by atoms with Gasteiger partial charge in [-0.1, -0.05) is 24.3 Å². The smallest absolute Gasteiger partial charge is 0.142 e. The molecule has 0 saturated carbocycles. The number of ether oxygens (including phenoxy) is 1. The normalized spacial score (nSPS) is 12.2. The van der Waals surface area contributed by atoms with Crippen LogP contribution in [0.4, 0.5) is 4.39 Å². The number of benzene rings is 2. The second-order valence-electron chi connectivity index (χ2n) is 4.49. The van der Waals surface area contributed by atoms with Crippen molar-refractivity contribution in [2.75, 3.05) is 7.11 Å². The van der Waals surface area contributed by atoms with Crippen molar-refractivity contribution in [1.82, 2.24) is 5.43 Å². The van der Waals surface area contributed by atoms with Crippen LogP contribution in [0.1, 0.15) is 22.7 Å². The average Bonchev–Trinajstić information content (AvgIpc) is 2.45. The first-order valence-corrected chi connectivity index (χ1v) is 6.92. The van der Waals surface area contributed by atoms with Crippen LogP contribution in [0.25, 0.3) is 0 Å². The van der Waals surface area contributed by atoms with Gasteiger partial charge in [0.05, 0.1) is 17.6 Å². The van der Waals surface area contributed by atoms with Gasteiger partial charge in [0.15, 0.2) is 0 Å². The van der Waals surface area contributed by atoms with Crippen LogP contribution in [0, 0.1) is 12.7 Å². The Kier molecular flexibility index (Phi) is 4.75. The molecule has 0 saturated heterocycles. The van der Waals surface area contributed by atoms with Crippen LogP contribution in [0.3, 0.4) is 0 Å². The molecule has 0 amide bonds. The maximum atomic E-state index is 14.3. The molecule has 0 aliphatic heterocycles. The lowest BCUT2D eigenvalue weighted by Gasteiger charge is -2.20. The average molecular weight is 339 g/mol. The standard InChI is InChI=1S/C15H16BrFN2O/c1-9-6-7-10(13(8-9)20-2)15(19-18)11-4-3-5-12(16)14(11)17/h3-8,15,19H,18H2,1-2H3. The lowest BCUT2D eigenvalue weighted by Crippen LogP contribution is -2.30. The molecule has 0 spiro atoms. The fourth-order valence-electron chi connectivity index (χ4n) is 2.15. The molecule has 0 aliphatic carbocycles. The first-order chi connectivity index (χ1) is 9.58. The van der Waals surface area contributed by atoms with Crippen molar-refractivity contribution in [2.45, 2.75) is 13.0 Å². The summed E-state index contributed by atoms with van der Waals surface area (Å²) in [6, 6.07) is 10.4. The molecule has 3 nitrogen and oxygen atoms in total. The predicted octanol–water partition coefficient (Wildman–Crippen LogP) is 3.46. The number of methoxy groups -OCH3 is 1. The predicted molar refractivity (Wildman–Crippen MR) is 81.0 cm³/mol. The van der Waals surface area contributed by atoms with Crippen molar-refractivity contribution >= 4 is 15.9 Å². The van der Waals surface area contributed by atoms with Gasteiger partial charge >= 0.3 is 0 Å². The molecule has 0 aliphatic rings. The van der Waals surface area contributed by atoms with Crippen LogP contribution in [0.15, 0.2) is 40.9 Å². The van der Waals surface area contributed by atoms with Crippen molar-refractivity contribution in [3.05, 3.63) is 63.4 Å². The van der Waals surface area contributed by atoms with E-state index in [1.165, 1.54) is 0 Å². The third-order valence-corrected chi connectivity index (χ3v) is 3.77. The van der Waals surface area contributed by atoms with Crippen molar-refractivity contribution in [3.8, 4) is 5.75 Å². The van der Waals surface area contributed by atoms with Gasteiger partial charge < -0.3 is 4.74 Å². The number of rotatable bonds is 4. The zero-order chi connectivity index (χ0) is 14.7. The highest BCUT2D eigenvalue weighted by molar-refractivity contribution is 9.10. The molecule has 2 aromatic rings. The Hall–Kier alpha value is -1.43. The minimum atomic E-state index is -0.483. The van der Waals surface area contributed by atoms with Crippen LogP contribution in [0.2, 0.25) is 0 Å². The lowest BCUT2D eigenvalue weighted by atomic mass is 9.97. The van der Waals surface area contributed by atoms with Crippen LogP contribution < -0.4 is 16.0 Å². The SMILES string of the molecule is COc1cc(C)ccc1C(NN)c1cccc(Br)c1F. The molecule has 1 unspecified atom stereocenters. The Labute approximate surface area is 126 Å². The Morgan fingerprint density at radius 2 is 2.00 bits per heavy atom. The third kappa shape index (κ3) is 2.85. The van der Waals surface area contributed by atoms with Gasteiger partial charge in [-0.25, -0.2) is 9.82 Å². The van der Waals surface area contributed by atoms with Crippen LogP contribution >= 0.6 is 15.9 Å². The summed E-state index contributed by atoms with van der Waals surface area (Å²) in [5, 5.41) is 0. The van der Waals surface area contributed by atoms with E-state index in [1.807, 2.05) is 25.1 Å². The maximum Gasteiger partial charge on any atom is 0.142 e. The summed E-state index contributed by atoms with van der Waals surface area (Å²) in [5.74, 6) is 5.97. The van der Waals surface area contributed by atoms with E-state index < -0.39 is 6.04 Å². The summed E-state index contributed by atoms with van der Waals surface area (Å²) < 4.78 is 20.0. The van der Waals surface area contributed by atoms with E-state index >= 15 is 0 Å². The lowest BCUT2D eigenvalue weighted by molar-refractivity contribution is 0.403. The molecular weight excluding hydrogens is 323 g/mol. The summed E-state index contributed by atoms with van der Waals surface area (Å²) in [7, 11) is 1.59. The maximum absolute atomic E-state index is 14.3. The second-order valence-corrected chi connectivity index (χ2v) is 5.34. The highest BCUT2D eigenvalue weighted by atomic mass is 79.9. The van der Waals surface area contributed by atoms with Crippen LogP contribution in [-0.2, 0) is 0 Å². The van der Waals surface area contributed by atoms with Gasteiger partial charge in [-0.15, -0.1) is 0 Å². The molecular formula is C15H16BrFN2O. The van der Waals surface area contributed by atoms with Crippen molar-refractivity contribution in [3.63, 3.8) is 0 Å². The van der Waals surface area contributed by atoms with Gasteiger partial charge in [-0.2, -0.15) is 0 Å². The third-order valence-electron chi connectivity index (χ3n) is 3.16.